The van der Waals surface area contributed by atoms with Crippen LogP contribution < -0.4 is 14.8 Å². The Morgan fingerprint density at radius 1 is 1.11 bits per heavy atom. The number of nitrogens with zero attached hydrogens (tertiary/aromatic N) is 1. The summed E-state index contributed by atoms with van der Waals surface area (Å²) in [6.07, 6.45) is 1.13. The third-order valence-corrected chi connectivity index (χ3v) is 5.25. The summed E-state index contributed by atoms with van der Waals surface area (Å²) >= 11 is 6.50. The molecule has 5 heteroatoms. The van der Waals surface area contributed by atoms with Gasteiger partial charge in [-0.05, 0) is 68.3 Å². The molecule has 0 aliphatic carbocycles. The van der Waals surface area contributed by atoms with E-state index in [2.05, 4.69) is 43.1 Å². The van der Waals surface area contributed by atoms with Crippen LogP contribution >= 0.6 is 11.6 Å². The first-order valence-corrected chi connectivity index (χ1v) is 10.4. The van der Waals surface area contributed by atoms with E-state index in [0.717, 1.165) is 50.3 Å². The zero-order valence-corrected chi connectivity index (χ0v) is 18.3. The maximum Gasteiger partial charge on any atom is 0.180 e. The van der Waals surface area contributed by atoms with Crippen LogP contribution in [0.5, 0.6) is 11.5 Å². The van der Waals surface area contributed by atoms with Crippen molar-refractivity contribution in [3.63, 3.8) is 0 Å². The second kappa shape index (κ2) is 11.9. The normalized spacial score (nSPS) is 11.1. The maximum absolute atomic E-state index is 6.50. The quantitative estimate of drug-likeness (QED) is 0.501. The molecular weight excluding hydrogens is 372 g/mol. The van der Waals surface area contributed by atoms with E-state index in [1.165, 1.54) is 5.56 Å². The zero-order chi connectivity index (χ0) is 20.4. The molecule has 0 aromatic heterocycles. The lowest BCUT2D eigenvalue weighted by molar-refractivity contribution is 0.284. The summed E-state index contributed by atoms with van der Waals surface area (Å²) in [6.45, 7) is 12.0. The van der Waals surface area contributed by atoms with Crippen LogP contribution in [-0.4, -0.2) is 38.2 Å². The summed E-state index contributed by atoms with van der Waals surface area (Å²) in [6, 6.07) is 12.1. The molecule has 0 aliphatic heterocycles. The summed E-state index contributed by atoms with van der Waals surface area (Å²) < 4.78 is 11.5. The average Bonchev–Trinajstić information content (AvgIpc) is 2.70. The topological polar surface area (TPSA) is 33.7 Å². The molecule has 2 aromatic rings. The first kappa shape index (κ1) is 22.5. The van der Waals surface area contributed by atoms with Crippen molar-refractivity contribution in [2.24, 2.45) is 0 Å². The second-order valence-electron chi connectivity index (χ2n) is 6.88. The van der Waals surface area contributed by atoms with E-state index in [1.54, 1.807) is 7.11 Å². The number of rotatable bonds is 12. The highest BCUT2D eigenvalue weighted by atomic mass is 35.5. The van der Waals surface area contributed by atoms with Gasteiger partial charge in [0.15, 0.2) is 11.5 Å². The molecule has 2 aromatic carbocycles. The molecule has 4 nitrogen and oxygen atoms in total. The number of benzene rings is 2. The number of halogens is 1. The highest BCUT2D eigenvalue weighted by Crippen LogP contribution is 2.37. The Labute approximate surface area is 174 Å². The van der Waals surface area contributed by atoms with Gasteiger partial charge in [-0.2, -0.15) is 0 Å². The van der Waals surface area contributed by atoms with E-state index < -0.39 is 0 Å². The fourth-order valence-corrected chi connectivity index (χ4v) is 3.43. The Bertz CT molecular complexity index is 733. The predicted octanol–water partition coefficient (Wildman–Crippen LogP) is 5.06. The Balaban J connectivity index is 1.92. The highest BCUT2D eigenvalue weighted by Gasteiger charge is 2.13. The van der Waals surface area contributed by atoms with Crippen LogP contribution in [0.25, 0.3) is 0 Å². The molecule has 0 bridgehead atoms. The largest absolute Gasteiger partial charge is 0.493 e. The molecule has 0 saturated heterocycles. The Morgan fingerprint density at radius 3 is 2.54 bits per heavy atom. The smallest absolute Gasteiger partial charge is 0.180 e. The molecule has 2 rings (SSSR count). The van der Waals surface area contributed by atoms with Gasteiger partial charge in [-0.3, -0.25) is 0 Å². The first-order valence-electron chi connectivity index (χ1n) is 10.1. The number of hydrogen-bond donors (Lipinski definition) is 1. The van der Waals surface area contributed by atoms with Crippen LogP contribution in [-0.2, 0) is 13.2 Å². The first-order chi connectivity index (χ1) is 13.6. The van der Waals surface area contributed by atoms with Crippen molar-refractivity contribution in [2.45, 2.75) is 40.3 Å². The Kier molecular flexibility index (Phi) is 9.62. The monoisotopic (exact) mass is 404 g/mol. The molecule has 0 amide bonds. The molecule has 0 heterocycles. The second-order valence-corrected chi connectivity index (χ2v) is 7.29. The molecule has 0 aliphatic rings. The Hall–Kier alpha value is -1.75. The number of methoxy groups -OCH3 is 1. The van der Waals surface area contributed by atoms with Crippen molar-refractivity contribution in [1.29, 1.82) is 0 Å². The fraction of sp³-hybridized carbons (Fsp3) is 0.478. The van der Waals surface area contributed by atoms with Gasteiger partial charge in [0, 0.05) is 6.54 Å². The zero-order valence-electron chi connectivity index (χ0n) is 17.6. The van der Waals surface area contributed by atoms with Crippen LogP contribution in [0.2, 0.25) is 5.02 Å². The van der Waals surface area contributed by atoms with Crippen molar-refractivity contribution in [3.05, 3.63) is 58.1 Å². The predicted molar refractivity (Wildman–Crippen MR) is 118 cm³/mol. The van der Waals surface area contributed by atoms with E-state index in [1.807, 2.05) is 24.3 Å². The summed E-state index contributed by atoms with van der Waals surface area (Å²) in [4.78, 5) is 2.43. The molecule has 0 spiro atoms. The van der Waals surface area contributed by atoms with Gasteiger partial charge < -0.3 is 19.7 Å². The molecule has 1 N–H and O–H groups in total. The molecule has 0 unspecified atom stereocenters. The third kappa shape index (κ3) is 6.69. The average molecular weight is 405 g/mol. The number of aryl methyl sites for hydroxylation is 1. The van der Waals surface area contributed by atoms with E-state index in [-0.39, 0.29) is 0 Å². The molecule has 0 fully saturated rings. The molecule has 0 radical (unpaired) electrons. The van der Waals surface area contributed by atoms with Gasteiger partial charge in [0.25, 0.3) is 0 Å². The van der Waals surface area contributed by atoms with Crippen molar-refractivity contribution < 1.29 is 9.47 Å². The standard InChI is InChI=1S/C23H33ClN2O2/c1-5-26(6-2)13-9-12-25-16-19-14-21(24)23(22(15-19)27-4)28-17-20-11-8-7-10-18(20)3/h7-8,10-11,14-15,25H,5-6,9,12-13,16-17H2,1-4H3. The van der Waals surface area contributed by atoms with Crippen LogP contribution in [0.15, 0.2) is 36.4 Å². The lowest BCUT2D eigenvalue weighted by Gasteiger charge is -2.18. The number of nitrogens with one attached hydrogen (secondary N) is 1. The lowest BCUT2D eigenvalue weighted by atomic mass is 10.1. The van der Waals surface area contributed by atoms with Gasteiger partial charge in [0.05, 0.1) is 12.1 Å². The van der Waals surface area contributed by atoms with Crippen LogP contribution in [0.3, 0.4) is 0 Å². The van der Waals surface area contributed by atoms with E-state index >= 15 is 0 Å². The molecule has 154 valence electrons. The summed E-state index contributed by atoms with van der Waals surface area (Å²) in [7, 11) is 1.65. The van der Waals surface area contributed by atoms with Crippen LogP contribution in [0.4, 0.5) is 0 Å². The van der Waals surface area contributed by atoms with E-state index in [4.69, 9.17) is 21.1 Å². The van der Waals surface area contributed by atoms with Crippen molar-refractivity contribution in [3.8, 4) is 11.5 Å². The SMILES string of the molecule is CCN(CC)CCCNCc1cc(Cl)c(OCc2ccccc2C)c(OC)c1. The van der Waals surface area contributed by atoms with Crippen LogP contribution in [0, 0.1) is 6.92 Å². The van der Waals surface area contributed by atoms with Gasteiger partial charge in [-0.1, -0.05) is 49.7 Å². The van der Waals surface area contributed by atoms with E-state index in [9.17, 15) is 0 Å². The van der Waals surface area contributed by atoms with Gasteiger partial charge in [-0.15, -0.1) is 0 Å². The Morgan fingerprint density at radius 2 is 1.86 bits per heavy atom. The summed E-state index contributed by atoms with van der Waals surface area (Å²) in [5, 5.41) is 4.06. The minimum absolute atomic E-state index is 0.464. The number of ether oxygens (including phenoxy) is 2. The molecule has 0 atom stereocenters. The molecule has 0 saturated carbocycles. The highest BCUT2D eigenvalue weighted by molar-refractivity contribution is 6.32. The molecular formula is C23H33ClN2O2. The minimum atomic E-state index is 0.464. The number of hydrogen-bond acceptors (Lipinski definition) is 4. The van der Waals surface area contributed by atoms with Crippen molar-refractivity contribution >= 4 is 11.6 Å². The van der Waals surface area contributed by atoms with Crippen LogP contribution in [0.1, 0.15) is 37.0 Å². The minimum Gasteiger partial charge on any atom is -0.493 e. The summed E-state index contributed by atoms with van der Waals surface area (Å²) in [5.41, 5.74) is 3.43. The summed E-state index contributed by atoms with van der Waals surface area (Å²) in [5.74, 6) is 1.26. The lowest BCUT2D eigenvalue weighted by Crippen LogP contribution is -2.27. The van der Waals surface area contributed by atoms with Gasteiger partial charge in [-0.25, -0.2) is 0 Å². The third-order valence-electron chi connectivity index (χ3n) is 4.97. The van der Waals surface area contributed by atoms with Crippen molar-refractivity contribution in [2.75, 3.05) is 33.3 Å². The van der Waals surface area contributed by atoms with Gasteiger partial charge in [0.1, 0.15) is 6.61 Å². The van der Waals surface area contributed by atoms with Gasteiger partial charge >= 0.3 is 0 Å². The fourth-order valence-electron chi connectivity index (χ4n) is 3.14. The maximum atomic E-state index is 6.50. The van der Waals surface area contributed by atoms with E-state index in [0.29, 0.717) is 23.1 Å². The molecule has 28 heavy (non-hydrogen) atoms. The van der Waals surface area contributed by atoms with Gasteiger partial charge in [0.2, 0.25) is 0 Å². The van der Waals surface area contributed by atoms with Crippen molar-refractivity contribution in [1.82, 2.24) is 10.2 Å².